The predicted molar refractivity (Wildman–Crippen MR) is 77.0 cm³/mol. The highest BCUT2D eigenvalue weighted by molar-refractivity contribution is 5.74. The highest BCUT2D eigenvalue weighted by atomic mass is 16.2. The van der Waals surface area contributed by atoms with E-state index in [0.29, 0.717) is 12.6 Å². The number of carbonyl (C=O) groups excluding carboxylic acids is 1. The van der Waals surface area contributed by atoms with Crippen LogP contribution in [0.1, 0.15) is 44.7 Å². The van der Waals surface area contributed by atoms with E-state index in [1.165, 1.54) is 19.3 Å². The molecular weight excluding hydrogens is 254 g/mol. The topological polar surface area (TPSA) is 63.1 Å². The van der Waals surface area contributed by atoms with Crippen molar-refractivity contribution < 1.29 is 4.79 Å². The summed E-state index contributed by atoms with van der Waals surface area (Å²) < 4.78 is 1.65. The summed E-state index contributed by atoms with van der Waals surface area (Å²) in [5, 5.41) is 11.0. The van der Waals surface area contributed by atoms with E-state index in [4.69, 9.17) is 0 Å². The first-order chi connectivity index (χ1) is 9.58. The third kappa shape index (κ3) is 3.95. The minimum Gasteiger partial charge on any atom is -0.335 e. The fourth-order valence-corrected chi connectivity index (χ4v) is 2.78. The molecular formula is C14H25N5O. The summed E-state index contributed by atoms with van der Waals surface area (Å²) in [6.45, 7) is 2.74. The Kier molecular flexibility index (Phi) is 4.98. The maximum absolute atomic E-state index is 12.1. The van der Waals surface area contributed by atoms with Crippen LogP contribution in [0, 0.1) is 5.92 Å². The van der Waals surface area contributed by atoms with Crippen molar-refractivity contribution in [2.24, 2.45) is 13.0 Å². The third-order valence-corrected chi connectivity index (χ3v) is 4.15. The Hall–Kier alpha value is -1.59. The predicted octanol–water partition coefficient (Wildman–Crippen LogP) is 1.93. The van der Waals surface area contributed by atoms with Crippen LogP contribution in [0.5, 0.6) is 0 Å². The molecule has 112 valence electrons. The van der Waals surface area contributed by atoms with Gasteiger partial charge in [0.05, 0.1) is 6.54 Å². The summed E-state index contributed by atoms with van der Waals surface area (Å²) in [4.78, 5) is 13.8. The van der Waals surface area contributed by atoms with E-state index in [1.54, 1.807) is 16.6 Å². The first-order valence-corrected chi connectivity index (χ1v) is 7.45. The molecule has 1 aromatic heterocycles. The summed E-state index contributed by atoms with van der Waals surface area (Å²) in [7, 11) is 3.62. The second-order valence-corrected chi connectivity index (χ2v) is 5.81. The summed E-state index contributed by atoms with van der Waals surface area (Å²) in [6, 6.07) is 0.310. The number of rotatable bonds is 4. The number of carbonyl (C=O) groups is 1. The number of amides is 2. The first-order valence-electron chi connectivity index (χ1n) is 7.45. The molecule has 1 fully saturated rings. The second-order valence-electron chi connectivity index (χ2n) is 5.81. The Balaban J connectivity index is 1.76. The zero-order valence-corrected chi connectivity index (χ0v) is 12.7. The molecule has 1 aromatic rings. The molecule has 0 saturated heterocycles. The molecule has 6 heteroatoms. The zero-order valence-electron chi connectivity index (χ0n) is 12.7. The van der Waals surface area contributed by atoms with E-state index >= 15 is 0 Å². The lowest BCUT2D eigenvalue weighted by molar-refractivity contribution is 0.194. The lowest BCUT2D eigenvalue weighted by Gasteiger charge is -2.29. The largest absolute Gasteiger partial charge is 0.335 e. The van der Waals surface area contributed by atoms with Crippen molar-refractivity contribution in [1.29, 1.82) is 0 Å². The van der Waals surface area contributed by atoms with Crippen LogP contribution in [0.4, 0.5) is 4.79 Å². The SMILES string of the molecule is CCC1CCC(NC(=O)N(C)Cc2cn(C)nn2)CC1. The van der Waals surface area contributed by atoms with Crippen LogP contribution < -0.4 is 5.32 Å². The van der Waals surface area contributed by atoms with Crippen LogP contribution in [0.15, 0.2) is 6.20 Å². The number of nitrogens with zero attached hydrogens (tertiary/aromatic N) is 4. The number of aryl methyl sites for hydroxylation is 1. The Morgan fingerprint density at radius 3 is 2.70 bits per heavy atom. The van der Waals surface area contributed by atoms with Crippen molar-refractivity contribution in [3.05, 3.63) is 11.9 Å². The van der Waals surface area contributed by atoms with E-state index < -0.39 is 0 Å². The summed E-state index contributed by atoms with van der Waals surface area (Å²) >= 11 is 0. The first kappa shape index (κ1) is 14.8. The van der Waals surface area contributed by atoms with Crippen LogP contribution in [-0.4, -0.2) is 39.0 Å². The molecule has 0 radical (unpaired) electrons. The summed E-state index contributed by atoms with van der Waals surface area (Å²) in [5.41, 5.74) is 0.805. The number of hydrogen-bond acceptors (Lipinski definition) is 3. The maximum Gasteiger partial charge on any atom is 0.317 e. The highest BCUT2D eigenvalue weighted by Gasteiger charge is 2.22. The molecule has 2 rings (SSSR count). The van der Waals surface area contributed by atoms with Crippen molar-refractivity contribution in [3.63, 3.8) is 0 Å². The molecule has 1 aliphatic carbocycles. The van der Waals surface area contributed by atoms with Crippen molar-refractivity contribution in [3.8, 4) is 0 Å². The highest BCUT2D eigenvalue weighted by Crippen LogP contribution is 2.26. The molecule has 0 aromatic carbocycles. The fraction of sp³-hybridized carbons (Fsp3) is 0.786. The van der Waals surface area contributed by atoms with Gasteiger partial charge < -0.3 is 10.2 Å². The average Bonchev–Trinajstić information content (AvgIpc) is 2.85. The lowest BCUT2D eigenvalue weighted by Crippen LogP contribution is -2.44. The van der Waals surface area contributed by atoms with Gasteiger partial charge in [0.1, 0.15) is 5.69 Å². The fourth-order valence-electron chi connectivity index (χ4n) is 2.78. The van der Waals surface area contributed by atoms with E-state index in [9.17, 15) is 4.79 Å². The van der Waals surface area contributed by atoms with E-state index in [-0.39, 0.29) is 6.03 Å². The molecule has 0 bridgehead atoms. The molecule has 1 N–H and O–H groups in total. The van der Waals surface area contributed by atoms with Crippen LogP contribution >= 0.6 is 0 Å². The van der Waals surface area contributed by atoms with Crippen molar-refractivity contribution in [1.82, 2.24) is 25.2 Å². The molecule has 0 atom stereocenters. The normalized spacial score (nSPS) is 22.6. The molecule has 1 heterocycles. The number of urea groups is 1. The number of aromatic nitrogens is 3. The maximum atomic E-state index is 12.1. The Labute approximate surface area is 120 Å². The van der Waals surface area contributed by atoms with Crippen LogP contribution in [0.25, 0.3) is 0 Å². The molecule has 6 nitrogen and oxygen atoms in total. The molecule has 20 heavy (non-hydrogen) atoms. The average molecular weight is 279 g/mol. The van der Waals surface area contributed by atoms with Crippen molar-refractivity contribution in [2.45, 2.75) is 51.6 Å². The minimum atomic E-state index is -0.0180. The molecule has 0 spiro atoms. The monoisotopic (exact) mass is 279 g/mol. The van der Waals surface area contributed by atoms with Gasteiger partial charge in [0.25, 0.3) is 0 Å². The van der Waals surface area contributed by atoms with Gasteiger partial charge in [-0.1, -0.05) is 18.6 Å². The van der Waals surface area contributed by atoms with Gasteiger partial charge in [-0.3, -0.25) is 4.68 Å². The van der Waals surface area contributed by atoms with Crippen molar-refractivity contribution in [2.75, 3.05) is 7.05 Å². The minimum absolute atomic E-state index is 0.0180. The summed E-state index contributed by atoms with van der Waals surface area (Å²) in [5.74, 6) is 0.848. The number of nitrogens with one attached hydrogen (secondary N) is 1. The Bertz CT molecular complexity index is 437. The van der Waals surface area contributed by atoms with Gasteiger partial charge in [-0.05, 0) is 31.6 Å². The second kappa shape index (κ2) is 6.72. The van der Waals surface area contributed by atoms with Gasteiger partial charge in [0.15, 0.2) is 0 Å². The quantitative estimate of drug-likeness (QED) is 0.916. The molecule has 1 saturated carbocycles. The van der Waals surface area contributed by atoms with Crippen molar-refractivity contribution >= 4 is 6.03 Å². The molecule has 1 aliphatic rings. The van der Waals surface area contributed by atoms with Crippen LogP contribution in [0.3, 0.4) is 0 Å². The smallest absolute Gasteiger partial charge is 0.317 e. The molecule has 0 unspecified atom stereocenters. The van der Waals surface area contributed by atoms with E-state index in [1.807, 2.05) is 13.2 Å². The Morgan fingerprint density at radius 2 is 2.15 bits per heavy atom. The van der Waals surface area contributed by atoms with E-state index in [2.05, 4.69) is 22.6 Å². The standard InChI is InChI=1S/C14H25N5O/c1-4-11-5-7-12(8-6-11)15-14(20)18(2)9-13-10-19(3)17-16-13/h10-12H,4-9H2,1-3H3,(H,15,20). The van der Waals surface area contributed by atoms with Gasteiger partial charge in [-0.25, -0.2) is 4.79 Å². The van der Waals surface area contributed by atoms with Gasteiger partial charge in [-0.15, -0.1) is 5.10 Å². The number of hydrogen-bond donors (Lipinski definition) is 1. The molecule has 2 amide bonds. The lowest BCUT2D eigenvalue weighted by atomic mass is 9.84. The van der Waals surface area contributed by atoms with Gasteiger partial charge in [0.2, 0.25) is 0 Å². The van der Waals surface area contributed by atoms with Gasteiger partial charge in [0, 0.05) is 26.3 Å². The van der Waals surface area contributed by atoms with Gasteiger partial charge >= 0.3 is 6.03 Å². The van der Waals surface area contributed by atoms with E-state index in [0.717, 1.165) is 24.5 Å². The van der Waals surface area contributed by atoms with Crippen LogP contribution in [-0.2, 0) is 13.6 Å². The van der Waals surface area contributed by atoms with Crippen LogP contribution in [0.2, 0.25) is 0 Å². The third-order valence-electron chi connectivity index (χ3n) is 4.15. The van der Waals surface area contributed by atoms with Gasteiger partial charge in [-0.2, -0.15) is 0 Å². The zero-order chi connectivity index (χ0) is 14.5. The molecule has 0 aliphatic heterocycles. The summed E-state index contributed by atoms with van der Waals surface area (Å²) in [6.07, 6.45) is 7.75. The Morgan fingerprint density at radius 1 is 1.45 bits per heavy atom.